The van der Waals surface area contributed by atoms with Gasteiger partial charge >= 0.3 is 0 Å². The SMILES string of the molecule is CC1(NC(=O)c2cc(-c3ccc(F)cc3)nc3ccccc23)CCS(=O)(=O)C1. The third kappa shape index (κ3) is 3.62. The minimum Gasteiger partial charge on any atom is -0.346 e. The molecule has 3 aromatic rings. The van der Waals surface area contributed by atoms with Crippen molar-refractivity contribution in [1.82, 2.24) is 10.3 Å². The van der Waals surface area contributed by atoms with Gasteiger partial charge in [0, 0.05) is 10.9 Å². The van der Waals surface area contributed by atoms with Crippen LogP contribution in [-0.2, 0) is 9.84 Å². The topological polar surface area (TPSA) is 76.1 Å². The van der Waals surface area contributed by atoms with E-state index in [1.807, 2.05) is 12.1 Å². The van der Waals surface area contributed by atoms with E-state index in [2.05, 4.69) is 10.3 Å². The number of para-hydroxylation sites is 1. The summed E-state index contributed by atoms with van der Waals surface area (Å²) < 4.78 is 37.0. The predicted octanol–water partition coefficient (Wildman–Crippen LogP) is 3.35. The van der Waals surface area contributed by atoms with E-state index < -0.39 is 15.4 Å². The first-order valence-electron chi connectivity index (χ1n) is 8.93. The zero-order valence-corrected chi connectivity index (χ0v) is 16.1. The molecule has 7 heteroatoms. The van der Waals surface area contributed by atoms with Crippen molar-refractivity contribution in [1.29, 1.82) is 0 Å². The van der Waals surface area contributed by atoms with Crippen LogP contribution < -0.4 is 5.32 Å². The lowest BCUT2D eigenvalue weighted by Crippen LogP contribution is -2.47. The molecule has 1 atom stereocenters. The van der Waals surface area contributed by atoms with Crippen LogP contribution in [0.15, 0.2) is 54.6 Å². The van der Waals surface area contributed by atoms with Gasteiger partial charge in [-0.15, -0.1) is 0 Å². The second-order valence-corrected chi connectivity index (χ2v) is 9.62. The van der Waals surface area contributed by atoms with E-state index in [0.29, 0.717) is 34.1 Å². The lowest BCUT2D eigenvalue weighted by molar-refractivity contribution is 0.0917. The summed E-state index contributed by atoms with van der Waals surface area (Å²) in [4.78, 5) is 17.7. The van der Waals surface area contributed by atoms with Crippen molar-refractivity contribution in [3.8, 4) is 11.3 Å². The minimum atomic E-state index is -3.14. The van der Waals surface area contributed by atoms with Gasteiger partial charge in [-0.1, -0.05) is 18.2 Å². The van der Waals surface area contributed by atoms with Gasteiger partial charge in [-0.2, -0.15) is 0 Å². The Morgan fingerprint density at radius 2 is 1.86 bits per heavy atom. The molecule has 28 heavy (non-hydrogen) atoms. The second kappa shape index (κ2) is 6.67. The Morgan fingerprint density at radius 3 is 2.54 bits per heavy atom. The lowest BCUT2D eigenvalue weighted by atomic mass is 9.99. The van der Waals surface area contributed by atoms with E-state index in [4.69, 9.17) is 0 Å². The van der Waals surface area contributed by atoms with Gasteiger partial charge in [0.25, 0.3) is 5.91 Å². The highest BCUT2D eigenvalue weighted by molar-refractivity contribution is 7.91. The Kier molecular flexibility index (Phi) is 4.42. The molecule has 1 unspecified atom stereocenters. The number of nitrogens with one attached hydrogen (secondary N) is 1. The maximum Gasteiger partial charge on any atom is 0.252 e. The first-order valence-corrected chi connectivity index (χ1v) is 10.8. The van der Waals surface area contributed by atoms with E-state index >= 15 is 0 Å². The number of carbonyl (C=O) groups is 1. The second-order valence-electron chi connectivity index (χ2n) is 7.44. The van der Waals surface area contributed by atoms with Gasteiger partial charge in [0.2, 0.25) is 0 Å². The molecule has 1 fully saturated rings. The summed E-state index contributed by atoms with van der Waals surface area (Å²) in [6.07, 6.45) is 0.384. The van der Waals surface area contributed by atoms with Crippen molar-refractivity contribution < 1.29 is 17.6 Å². The van der Waals surface area contributed by atoms with Gasteiger partial charge < -0.3 is 5.32 Å². The van der Waals surface area contributed by atoms with Gasteiger partial charge in [0.05, 0.1) is 33.8 Å². The Hall–Kier alpha value is -2.80. The molecule has 1 aliphatic heterocycles. The number of benzene rings is 2. The standard InChI is InChI=1S/C21H19FN2O3S/c1-21(10-11-28(26,27)13-21)24-20(25)17-12-19(14-6-8-15(22)9-7-14)23-18-5-3-2-4-16(17)18/h2-9,12H,10-11,13H2,1H3,(H,24,25). The van der Waals surface area contributed by atoms with Crippen LogP contribution in [0, 0.1) is 5.82 Å². The van der Waals surface area contributed by atoms with E-state index in [0.717, 1.165) is 0 Å². The lowest BCUT2D eigenvalue weighted by Gasteiger charge is -2.24. The summed E-state index contributed by atoms with van der Waals surface area (Å²) in [5.74, 6) is -0.694. The zero-order chi connectivity index (χ0) is 19.9. The maximum atomic E-state index is 13.3. The van der Waals surface area contributed by atoms with Crippen LogP contribution in [-0.4, -0.2) is 36.4 Å². The van der Waals surface area contributed by atoms with Gasteiger partial charge in [0.1, 0.15) is 5.82 Å². The first-order chi connectivity index (χ1) is 13.2. The summed E-state index contributed by atoms with van der Waals surface area (Å²) in [6.45, 7) is 1.75. The molecule has 1 aromatic heterocycles. The molecule has 5 nitrogen and oxygen atoms in total. The van der Waals surface area contributed by atoms with Gasteiger partial charge in [0.15, 0.2) is 9.84 Å². The number of hydrogen-bond acceptors (Lipinski definition) is 4. The highest BCUT2D eigenvalue weighted by Gasteiger charge is 2.39. The number of halogens is 1. The van der Waals surface area contributed by atoms with E-state index in [9.17, 15) is 17.6 Å². The Morgan fingerprint density at radius 1 is 1.14 bits per heavy atom. The van der Waals surface area contributed by atoms with Crippen LogP contribution in [0.3, 0.4) is 0 Å². The molecular formula is C21H19FN2O3S. The number of amides is 1. The van der Waals surface area contributed by atoms with Crippen LogP contribution in [0.1, 0.15) is 23.7 Å². The van der Waals surface area contributed by atoms with Crippen molar-refractivity contribution in [3.05, 3.63) is 66.0 Å². The molecule has 2 aromatic carbocycles. The number of rotatable bonds is 3. The number of fused-ring (bicyclic) bond motifs is 1. The van der Waals surface area contributed by atoms with Crippen molar-refractivity contribution in [3.63, 3.8) is 0 Å². The quantitative estimate of drug-likeness (QED) is 0.734. The summed E-state index contributed by atoms with van der Waals surface area (Å²) >= 11 is 0. The summed E-state index contributed by atoms with van der Waals surface area (Å²) in [5.41, 5.74) is 1.49. The predicted molar refractivity (Wildman–Crippen MR) is 106 cm³/mol. The van der Waals surface area contributed by atoms with Crippen LogP contribution >= 0.6 is 0 Å². The van der Waals surface area contributed by atoms with E-state index in [1.165, 1.54) is 12.1 Å². The Bertz CT molecular complexity index is 1180. The fraction of sp³-hybridized carbons (Fsp3) is 0.238. The number of hydrogen-bond donors (Lipinski definition) is 1. The highest BCUT2D eigenvalue weighted by Crippen LogP contribution is 2.27. The third-order valence-corrected chi connectivity index (χ3v) is 6.92. The Balaban J connectivity index is 1.77. The number of carbonyl (C=O) groups excluding carboxylic acids is 1. The van der Waals surface area contributed by atoms with Crippen LogP contribution in [0.4, 0.5) is 4.39 Å². The number of aromatic nitrogens is 1. The number of nitrogens with zero attached hydrogens (tertiary/aromatic N) is 1. The molecule has 1 saturated heterocycles. The molecular weight excluding hydrogens is 379 g/mol. The third-order valence-electron chi connectivity index (χ3n) is 5.02. The molecule has 1 amide bonds. The van der Waals surface area contributed by atoms with Crippen LogP contribution in [0.2, 0.25) is 0 Å². The molecule has 0 bridgehead atoms. The normalized spacial score (nSPS) is 20.9. The Labute approximate surface area is 162 Å². The molecule has 0 aliphatic carbocycles. The number of sulfone groups is 1. The average Bonchev–Trinajstić information content (AvgIpc) is 2.94. The minimum absolute atomic E-state index is 0.0699. The average molecular weight is 398 g/mol. The molecule has 4 rings (SSSR count). The van der Waals surface area contributed by atoms with Crippen molar-refractivity contribution in [2.75, 3.05) is 11.5 Å². The van der Waals surface area contributed by atoms with Crippen LogP contribution in [0.5, 0.6) is 0 Å². The maximum absolute atomic E-state index is 13.3. The summed E-state index contributed by atoms with van der Waals surface area (Å²) in [7, 11) is -3.14. The highest BCUT2D eigenvalue weighted by atomic mass is 32.2. The summed E-state index contributed by atoms with van der Waals surface area (Å²) in [6, 6.07) is 14.8. The van der Waals surface area contributed by atoms with Crippen molar-refractivity contribution in [2.24, 2.45) is 0 Å². The molecule has 2 heterocycles. The van der Waals surface area contributed by atoms with Crippen molar-refractivity contribution >= 4 is 26.6 Å². The van der Waals surface area contributed by atoms with E-state index in [-0.39, 0.29) is 23.2 Å². The summed E-state index contributed by atoms with van der Waals surface area (Å²) in [5, 5.41) is 3.58. The van der Waals surface area contributed by atoms with E-state index in [1.54, 1.807) is 37.3 Å². The van der Waals surface area contributed by atoms with Gasteiger partial charge in [-0.05, 0) is 49.7 Å². The van der Waals surface area contributed by atoms with Crippen LogP contribution in [0.25, 0.3) is 22.2 Å². The fourth-order valence-electron chi connectivity index (χ4n) is 3.58. The molecule has 0 spiro atoms. The molecule has 144 valence electrons. The fourth-order valence-corrected chi connectivity index (χ4v) is 5.68. The zero-order valence-electron chi connectivity index (χ0n) is 15.3. The smallest absolute Gasteiger partial charge is 0.252 e. The van der Waals surface area contributed by atoms with Crippen molar-refractivity contribution in [2.45, 2.75) is 18.9 Å². The number of pyridine rings is 1. The molecule has 1 aliphatic rings. The van der Waals surface area contributed by atoms with Gasteiger partial charge in [-0.25, -0.2) is 17.8 Å². The monoisotopic (exact) mass is 398 g/mol. The molecule has 1 N–H and O–H groups in total. The van der Waals surface area contributed by atoms with Gasteiger partial charge in [-0.3, -0.25) is 4.79 Å². The molecule has 0 saturated carbocycles. The first kappa shape index (κ1) is 18.6. The largest absolute Gasteiger partial charge is 0.346 e. The molecule has 0 radical (unpaired) electrons.